The number of benzene rings is 2. The molecule has 0 heterocycles. The highest BCUT2D eigenvalue weighted by Gasteiger charge is 2.12. The molecule has 0 aliphatic carbocycles. The lowest BCUT2D eigenvalue weighted by Crippen LogP contribution is -2.14. The molecule has 0 bridgehead atoms. The minimum atomic E-state index is -0.434. The number of rotatable bonds is 6. The van der Waals surface area contributed by atoms with E-state index in [4.69, 9.17) is 4.74 Å². The van der Waals surface area contributed by atoms with Crippen LogP contribution in [0.4, 0.5) is 11.4 Å². The first-order valence-electron chi connectivity index (χ1n) is 7.97. The summed E-state index contributed by atoms with van der Waals surface area (Å²) < 4.78 is 4.99. The molecule has 0 unspecified atom stereocenters. The van der Waals surface area contributed by atoms with Crippen molar-refractivity contribution in [3.8, 4) is 11.5 Å². The van der Waals surface area contributed by atoms with Crippen molar-refractivity contribution >= 4 is 23.2 Å². The first kappa shape index (κ1) is 18.3. The maximum absolute atomic E-state index is 12.2. The Labute approximate surface area is 146 Å². The van der Waals surface area contributed by atoms with Gasteiger partial charge in [0.15, 0.2) is 0 Å². The van der Waals surface area contributed by atoms with Crippen LogP contribution in [0.5, 0.6) is 11.5 Å². The first-order valence-corrected chi connectivity index (χ1v) is 7.97. The Hall–Kier alpha value is -3.02. The van der Waals surface area contributed by atoms with Gasteiger partial charge in [0.1, 0.15) is 11.5 Å². The van der Waals surface area contributed by atoms with E-state index in [-0.39, 0.29) is 23.1 Å². The molecule has 0 saturated carbocycles. The van der Waals surface area contributed by atoms with E-state index in [0.29, 0.717) is 23.5 Å². The van der Waals surface area contributed by atoms with Crippen LogP contribution >= 0.6 is 0 Å². The van der Waals surface area contributed by atoms with Crippen LogP contribution in [0.25, 0.3) is 0 Å². The number of methoxy groups -OCH3 is 1. The normalized spacial score (nSPS) is 10.4. The van der Waals surface area contributed by atoms with Crippen molar-refractivity contribution in [2.45, 2.75) is 20.3 Å². The molecule has 0 atom stereocenters. The third-order valence-corrected chi connectivity index (χ3v) is 3.47. The van der Waals surface area contributed by atoms with Gasteiger partial charge in [-0.3, -0.25) is 9.59 Å². The number of amides is 2. The second-order valence-corrected chi connectivity index (χ2v) is 6.06. The number of nitrogens with one attached hydrogen (secondary N) is 2. The molecular weight excluding hydrogens is 320 g/mol. The largest absolute Gasteiger partial charge is 0.507 e. The third-order valence-electron chi connectivity index (χ3n) is 3.47. The van der Waals surface area contributed by atoms with Crippen LogP contribution < -0.4 is 15.4 Å². The lowest BCUT2D eigenvalue weighted by atomic mass is 10.1. The summed E-state index contributed by atoms with van der Waals surface area (Å²) in [6, 6.07) is 11.3. The SMILES string of the molecule is COc1ccc(C(=O)Nc2ccc(NC(=O)CC(C)C)cc2)c(O)c1. The molecule has 0 spiro atoms. The fourth-order valence-corrected chi connectivity index (χ4v) is 2.25. The summed E-state index contributed by atoms with van der Waals surface area (Å²) in [5, 5.41) is 15.4. The van der Waals surface area contributed by atoms with Gasteiger partial charge in [-0.1, -0.05) is 13.8 Å². The molecular formula is C19H22N2O4. The highest BCUT2D eigenvalue weighted by molar-refractivity contribution is 6.06. The van der Waals surface area contributed by atoms with E-state index >= 15 is 0 Å². The van der Waals surface area contributed by atoms with E-state index in [9.17, 15) is 14.7 Å². The van der Waals surface area contributed by atoms with Crippen molar-refractivity contribution in [1.29, 1.82) is 0 Å². The highest BCUT2D eigenvalue weighted by atomic mass is 16.5. The molecule has 3 N–H and O–H groups in total. The van der Waals surface area contributed by atoms with E-state index in [1.54, 1.807) is 30.3 Å². The summed E-state index contributed by atoms with van der Waals surface area (Å²) in [6.45, 7) is 3.96. The van der Waals surface area contributed by atoms with E-state index in [1.807, 2.05) is 13.8 Å². The van der Waals surface area contributed by atoms with Gasteiger partial charge < -0.3 is 20.5 Å². The van der Waals surface area contributed by atoms with Crippen molar-refractivity contribution in [3.63, 3.8) is 0 Å². The Morgan fingerprint density at radius 3 is 2.16 bits per heavy atom. The van der Waals surface area contributed by atoms with Gasteiger partial charge in [0.25, 0.3) is 5.91 Å². The van der Waals surface area contributed by atoms with Gasteiger partial charge in [0, 0.05) is 23.9 Å². The molecule has 6 nitrogen and oxygen atoms in total. The van der Waals surface area contributed by atoms with Crippen LogP contribution in [0.2, 0.25) is 0 Å². The van der Waals surface area contributed by atoms with Crippen LogP contribution in [0, 0.1) is 5.92 Å². The van der Waals surface area contributed by atoms with Crippen molar-refractivity contribution in [1.82, 2.24) is 0 Å². The molecule has 2 rings (SSSR count). The Morgan fingerprint density at radius 2 is 1.64 bits per heavy atom. The molecule has 25 heavy (non-hydrogen) atoms. The van der Waals surface area contributed by atoms with E-state index < -0.39 is 5.91 Å². The second-order valence-electron chi connectivity index (χ2n) is 6.06. The molecule has 0 aliphatic rings. The minimum absolute atomic E-state index is 0.0464. The molecule has 0 radical (unpaired) electrons. The Balaban J connectivity index is 2.01. The molecule has 2 aromatic rings. The summed E-state index contributed by atoms with van der Waals surface area (Å²) in [6.07, 6.45) is 0.454. The van der Waals surface area contributed by atoms with E-state index in [1.165, 1.54) is 19.2 Å². The van der Waals surface area contributed by atoms with E-state index in [0.717, 1.165) is 0 Å². The fourth-order valence-electron chi connectivity index (χ4n) is 2.25. The predicted molar refractivity (Wildman–Crippen MR) is 97.1 cm³/mol. The van der Waals surface area contributed by atoms with Gasteiger partial charge in [0.05, 0.1) is 12.7 Å². The molecule has 2 amide bonds. The monoisotopic (exact) mass is 342 g/mol. The van der Waals surface area contributed by atoms with Gasteiger partial charge in [0.2, 0.25) is 5.91 Å². The average Bonchev–Trinajstić information content (AvgIpc) is 2.55. The van der Waals surface area contributed by atoms with Gasteiger partial charge >= 0.3 is 0 Å². The number of hydrogen-bond donors (Lipinski definition) is 3. The van der Waals surface area contributed by atoms with Crippen molar-refractivity contribution < 1.29 is 19.4 Å². The van der Waals surface area contributed by atoms with Crippen LogP contribution in [0.1, 0.15) is 30.6 Å². The number of carbonyl (C=O) groups is 2. The maximum Gasteiger partial charge on any atom is 0.259 e. The standard InChI is InChI=1S/C19H22N2O4/c1-12(2)10-18(23)20-13-4-6-14(7-5-13)21-19(24)16-9-8-15(25-3)11-17(16)22/h4-9,11-12,22H,10H2,1-3H3,(H,20,23)(H,21,24). The summed E-state index contributed by atoms with van der Waals surface area (Å²) in [7, 11) is 1.48. The molecule has 0 fully saturated rings. The number of phenols is 1. The number of aromatic hydroxyl groups is 1. The Bertz CT molecular complexity index is 755. The van der Waals surface area contributed by atoms with Crippen LogP contribution in [0.3, 0.4) is 0 Å². The van der Waals surface area contributed by atoms with Crippen molar-refractivity contribution in [3.05, 3.63) is 48.0 Å². The highest BCUT2D eigenvalue weighted by Crippen LogP contribution is 2.24. The maximum atomic E-state index is 12.2. The summed E-state index contributed by atoms with van der Waals surface area (Å²) in [4.78, 5) is 24.0. The second kappa shape index (κ2) is 8.19. The molecule has 2 aromatic carbocycles. The first-order chi connectivity index (χ1) is 11.9. The van der Waals surface area contributed by atoms with Crippen molar-refractivity contribution in [2.75, 3.05) is 17.7 Å². The fraction of sp³-hybridized carbons (Fsp3) is 0.263. The Morgan fingerprint density at radius 1 is 1.04 bits per heavy atom. The Kier molecular flexibility index (Phi) is 6.00. The molecule has 6 heteroatoms. The summed E-state index contributed by atoms with van der Waals surface area (Å²) in [5.74, 6) is 0.118. The zero-order chi connectivity index (χ0) is 18.4. The molecule has 0 saturated heterocycles. The quantitative estimate of drug-likeness (QED) is 0.748. The third kappa shape index (κ3) is 5.24. The smallest absolute Gasteiger partial charge is 0.259 e. The number of ether oxygens (including phenoxy) is 1. The molecule has 0 aromatic heterocycles. The summed E-state index contributed by atoms with van der Waals surface area (Å²) in [5.41, 5.74) is 1.37. The number of hydrogen-bond acceptors (Lipinski definition) is 4. The van der Waals surface area contributed by atoms with E-state index in [2.05, 4.69) is 10.6 Å². The molecule has 0 aliphatic heterocycles. The minimum Gasteiger partial charge on any atom is -0.507 e. The van der Waals surface area contributed by atoms with Crippen LogP contribution in [-0.2, 0) is 4.79 Å². The van der Waals surface area contributed by atoms with Crippen LogP contribution in [0.15, 0.2) is 42.5 Å². The van der Waals surface area contributed by atoms with Crippen LogP contribution in [-0.4, -0.2) is 24.0 Å². The number of anilines is 2. The lowest BCUT2D eigenvalue weighted by molar-refractivity contribution is -0.116. The van der Waals surface area contributed by atoms with Gasteiger partial charge in [-0.2, -0.15) is 0 Å². The molecule has 132 valence electrons. The number of phenolic OH excluding ortho intramolecular Hbond substituents is 1. The van der Waals surface area contributed by atoms with Crippen molar-refractivity contribution in [2.24, 2.45) is 5.92 Å². The summed E-state index contributed by atoms with van der Waals surface area (Å²) >= 11 is 0. The zero-order valence-electron chi connectivity index (χ0n) is 14.5. The van der Waals surface area contributed by atoms with Gasteiger partial charge in [-0.25, -0.2) is 0 Å². The number of carbonyl (C=O) groups excluding carboxylic acids is 2. The van der Waals surface area contributed by atoms with Gasteiger partial charge in [-0.05, 0) is 42.3 Å². The van der Waals surface area contributed by atoms with Gasteiger partial charge in [-0.15, -0.1) is 0 Å². The predicted octanol–water partition coefficient (Wildman–Crippen LogP) is 3.64. The lowest BCUT2D eigenvalue weighted by Gasteiger charge is -2.10. The topological polar surface area (TPSA) is 87.7 Å². The average molecular weight is 342 g/mol. The zero-order valence-corrected chi connectivity index (χ0v) is 14.5.